The summed E-state index contributed by atoms with van der Waals surface area (Å²) in [6, 6.07) is 1.61. The van der Waals surface area contributed by atoms with E-state index in [9.17, 15) is 18.0 Å². The van der Waals surface area contributed by atoms with Crippen molar-refractivity contribution in [2.45, 2.75) is 25.8 Å². The number of amides is 1. The Morgan fingerprint density at radius 1 is 1.33 bits per heavy atom. The lowest BCUT2D eigenvalue weighted by Crippen LogP contribution is -2.51. The Morgan fingerprint density at radius 2 is 1.94 bits per heavy atom. The first kappa shape index (κ1) is 14.5. The van der Waals surface area contributed by atoms with E-state index in [2.05, 4.69) is 5.32 Å². The summed E-state index contributed by atoms with van der Waals surface area (Å²) >= 11 is 0. The van der Waals surface area contributed by atoms with Gasteiger partial charge in [-0.1, -0.05) is 6.92 Å². The molecule has 1 aromatic carbocycles. The predicted molar refractivity (Wildman–Crippen MR) is 61.5 cm³/mol. The van der Waals surface area contributed by atoms with Gasteiger partial charge in [0.05, 0.1) is 5.56 Å². The monoisotopic (exact) mass is 260 g/mol. The maximum absolute atomic E-state index is 13.4. The number of benzene rings is 1. The van der Waals surface area contributed by atoms with E-state index >= 15 is 0 Å². The van der Waals surface area contributed by atoms with Crippen LogP contribution >= 0.6 is 0 Å². The van der Waals surface area contributed by atoms with Crippen molar-refractivity contribution in [2.24, 2.45) is 5.73 Å². The molecule has 6 heteroatoms. The molecular formula is C12H15F3N2O. The summed E-state index contributed by atoms with van der Waals surface area (Å²) in [6.45, 7) is 3.64. The van der Waals surface area contributed by atoms with E-state index in [0.29, 0.717) is 12.5 Å². The number of nitrogens with two attached hydrogens (primary N) is 1. The van der Waals surface area contributed by atoms with Crippen LogP contribution in [0.1, 0.15) is 30.6 Å². The molecule has 0 aliphatic heterocycles. The maximum Gasteiger partial charge on any atom is 0.254 e. The molecule has 0 aliphatic carbocycles. The molecule has 1 aromatic rings. The Balaban J connectivity index is 3.02. The molecule has 0 radical (unpaired) electrons. The summed E-state index contributed by atoms with van der Waals surface area (Å²) in [5.41, 5.74) is 4.24. The van der Waals surface area contributed by atoms with Crippen molar-refractivity contribution < 1.29 is 18.0 Å². The third-order valence-electron chi connectivity index (χ3n) is 2.93. The number of rotatable bonds is 4. The lowest BCUT2D eigenvalue weighted by Gasteiger charge is -2.28. The summed E-state index contributed by atoms with van der Waals surface area (Å²) in [6.07, 6.45) is 0.528. The maximum atomic E-state index is 13.4. The fourth-order valence-corrected chi connectivity index (χ4v) is 1.33. The van der Waals surface area contributed by atoms with E-state index in [1.165, 1.54) is 0 Å². The first-order chi connectivity index (χ1) is 8.34. The van der Waals surface area contributed by atoms with Crippen molar-refractivity contribution in [3.05, 3.63) is 35.1 Å². The fraction of sp³-hybridized carbons (Fsp3) is 0.417. The van der Waals surface area contributed by atoms with E-state index in [4.69, 9.17) is 5.73 Å². The van der Waals surface area contributed by atoms with Crippen molar-refractivity contribution in [3.8, 4) is 0 Å². The second-order valence-electron chi connectivity index (χ2n) is 4.30. The van der Waals surface area contributed by atoms with E-state index in [1.54, 1.807) is 13.8 Å². The zero-order valence-electron chi connectivity index (χ0n) is 10.2. The SMILES string of the molecule is CCC(C)(CN)NC(=O)c1ccc(F)c(F)c1F. The van der Waals surface area contributed by atoms with E-state index in [1.807, 2.05) is 0 Å². The van der Waals surface area contributed by atoms with Crippen LogP contribution < -0.4 is 11.1 Å². The van der Waals surface area contributed by atoms with Crippen molar-refractivity contribution in [3.63, 3.8) is 0 Å². The van der Waals surface area contributed by atoms with Gasteiger partial charge in [-0.2, -0.15) is 0 Å². The first-order valence-corrected chi connectivity index (χ1v) is 5.50. The number of hydrogen-bond donors (Lipinski definition) is 2. The zero-order valence-corrected chi connectivity index (χ0v) is 10.2. The third kappa shape index (κ3) is 2.81. The molecule has 1 amide bonds. The van der Waals surface area contributed by atoms with Gasteiger partial charge in [-0.25, -0.2) is 13.2 Å². The molecule has 3 N–H and O–H groups in total. The Kier molecular flexibility index (Phi) is 4.34. The minimum absolute atomic E-state index is 0.153. The second kappa shape index (κ2) is 5.39. The summed E-state index contributed by atoms with van der Waals surface area (Å²) in [4.78, 5) is 11.8. The second-order valence-corrected chi connectivity index (χ2v) is 4.30. The van der Waals surface area contributed by atoms with Gasteiger partial charge >= 0.3 is 0 Å². The molecule has 0 fully saturated rings. The van der Waals surface area contributed by atoms with Crippen molar-refractivity contribution in [1.29, 1.82) is 0 Å². The summed E-state index contributed by atoms with van der Waals surface area (Å²) in [7, 11) is 0. The quantitative estimate of drug-likeness (QED) is 0.813. The highest BCUT2D eigenvalue weighted by molar-refractivity contribution is 5.95. The van der Waals surface area contributed by atoms with Crippen molar-refractivity contribution in [2.75, 3.05) is 6.54 Å². The van der Waals surface area contributed by atoms with E-state index in [0.717, 1.165) is 6.07 Å². The molecule has 1 unspecified atom stereocenters. The number of carbonyl (C=O) groups is 1. The molecule has 1 atom stereocenters. The lowest BCUT2D eigenvalue weighted by molar-refractivity contribution is 0.0901. The molecule has 3 nitrogen and oxygen atoms in total. The molecule has 0 bridgehead atoms. The van der Waals surface area contributed by atoms with Gasteiger partial charge in [0.1, 0.15) is 0 Å². The molecular weight excluding hydrogens is 245 g/mol. The van der Waals surface area contributed by atoms with Gasteiger partial charge in [0.2, 0.25) is 0 Å². The van der Waals surface area contributed by atoms with Gasteiger partial charge in [0.15, 0.2) is 17.5 Å². The van der Waals surface area contributed by atoms with Crippen LogP contribution in [0.3, 0.4) is 0 Å². The first-order valence-electron chi connectivity index (χ1n) is 5.50. The Bertz CT molecular complexity index is 459. The van der Waals surface area contributed by atoms with Crippen LogP contribution in [0.25, 0.3) is 0 Å². The van der Waals surface area contributed by atoms with Crippen molar-refractivity contribution >= 4 is 5.91 Å². The molecule has 0 heterocycles. The highest BCUT2D eigenvalue weighted by atomic mass is 19.2. The average Bonchev–Trinajstić information content (AvgIpc) is 2.35. The highest BCUT2D eigenvalue weighted by Gasteiger charge is 2.26. The molecule has 1 rings (SSSR count). The molecule has 0 spiro atoms. The van der Waals surface area contributed by atoms with Gasteiger partial charge in [-0.15, -0.1) is 0 Å². The van der Waals surface area contributed by atoms with Gasteiger partial charge in [-0.05, 0) is 25.5 Å². The number of nitrogens with one attached hydrogen (secondary N) is 1. The minimum Gasteiger partial charge on any atom is -0.346 e. The standard InChI is InChI=1S/C12H15F3N2O/c1-3-12(2,6-16)17-11(18)7-4-5-8(13)10(15)9(7)14/h4-5H,3,6,16H2,1-2H3,(H,17,18). The number of halogens is 3. The Labute approximate surface area is 103 Å². The average molecular weight is 260 g/mol. The molecule has 18 heavy (non-hydrogen) atoms. The zero-order chi connectivity index (χ0) is 13.9. The Morgan fingerprint density at radius 3 is 2.44 bits per heavy atom. The van der Waals surface area contributed by atoms with Gasteiger partial charge in [0.25, 0.3) is 5.91 Å². The summed E-state index contributed by atoms with van der Waals surface area (Å²) in [5.74, 6) is -5.31. The van der Waals surface area contributed by atoms with Gasteiger partial charge in [0, 0.05) is 12.1 Å². The van der Waals surface area contributed by atoms with Crippen LogP contribution in [0.4, 0.5) is 13.2 Å². The molecule has 0 aliphatic rings. The van der Waals surface area contributed by atoms with Crippen LogP contribution in [-0.4, -0.2) is 18.0 Å². The molecule has 100 valence electrons. The third-order valence-corrected chi connectivity index (χ3v) is 2.93. The van der Waals surface area contributed by atoms with E-state index < -0.39 is 34.5 Å². The highest BCUT2D eigenvalue weighted by Crippen LogP contribution is 2.16. The molecule has 0 saturated heterocycles. The Hall–Kier alpha value is -1.56. The fourth-order valence-electron chi connectivity index (χ4n) is 1.33. The number of hydrogen-bond acceptors (Lipinski definition) is 2. The van der Waals surface area contributed by atoms with Crippen LogP contribution in [0, 0.1) is 17.5 Å². The van der Waals surface area contributed by atoms with E-state index in [-0.39, 0.29) is 6.54 Å². The van der Waals surface area contributed by atoms with Crippen LogP contribution in [-0.2, 0) is 0 Å². The van der Waals surface area contributed by atoms with Crippen LogP contribution in [0.5, 0.6) is 0 Å². The van der Waals surface area contributed by atoms with Gasteiger partial charge < -0.3 is 11.1 Å². The minimum atomic E-state index is -1.66. The lowest BCUT2D eigenvalue weighted by atomic mass is 9.98. The van der Waals surface area contributed by atoms with Gasteiger partial charge in [-0.3, -0.25) is 4.79 Å². The topological polar surface area (TPSA) is 55.1 Å². The molecule has 0 saturated carbocycles. The molecule has 0 aromatic heterocycles. The summed E-state index contributed by atoms with van der Waals surface area (Å²) < 4.78 is 39.1. The smallest absolute Gasteiger partial charge is 0.254 e. The summed E-state index contributed by atoms with van der Waals surface area (Å²) in [5, 5.41) is 2.50. The normalized spacial score (nSPS) is 14.1. The van der Waals surface area contributed by atoms with Crippen LogP contribution in [0.15, 0.2) is 12.1 Å². The number of carbonyl (C=O) groups excluding carboxylic acids is 1. The van der Waals surface area contributed by atoms with Crippen LogP contribution in [0.2, 0.25) is 0 Å². The largest absolute Gasteiger partial charge is 0.346 e. The predicted octanol–water partition coefficient (Wildman–Crippen LogP) is 1.96. The van der Waals surface area contributed by atoms with Crippen molar-refractivity contribution in [1.82, 2.24) is 5.32 Å².